The van der Waals surface area contributed by atoms with Crippen LogP contribution in [-0.2, 0) is 26.0 Å². The number of rotatable bonds is 7. The van der Waals surface area contributed by atoms with E-state index in [1.54, 1.807) is 36.7 Å². The van der Waals surface area contributed by atoms with Gasteiger partial charge < -0.3 is 30.1 Å². The van der Waals surface area contributed by atoms with Crippen molar-refractivity contribution in [3.8, 4) is 0 Å². The molecule has 0 N–H and O–H groups in total. The number of aromatic nitrogens is 2. The van der Waals surface area contributed by atoms with E-state index in [0.29, 0.717) is 23.2 Å². The molecular weight excluding hydrogens is 587 g/mol. The molecule has 2 aromatic heterocycles. The van der Waals surface area contributed by atoms with Gasteiger partial charge in [0.15, 0.2) is 0 Å². The van der Waals surface area contributed by atoms with Crippen molar-refractivity contribution in [1.82, 2.24) is 9.97 Å². The molecule has 214 valence electrons. The minimum atomic E-state index is -0.395. The predicted molar refractivity (Wildman–Crippen MR) is 159 cm³/mol. The summed E-state index contributed by atoms with van der Waals surface area (Å²) >= 11 is 0. The molecule has 0 fully saturated rings. The van der Waals surface area contributed by atoms with Crippen molar-refractivity contribution in [2.45, 2.75) is 0 Å². The molecule has 0 bridgehead atoms. The molecule has 0 amide bonds. The van der Waals surface area contributed by atoms with Crippen molar-refractivity contribution < 1.29 is 35.6 Å². The Morgan fingerprint density at radius 2 is 0.953 bits per heavy atom. The summed E-state index contributed by atoms with van der Waals surface area (Å²) in [5, 5.41) is 9.86. The van der Waals surface area contributed by atoms with E-state index in [2.05, 4.69) is 9.97 Å². The first-order valence-corrected chi connectivity index (χ1v) is 13.1. The van der Waals surface area contributed by atoms with Gasteiger partial charge in [0.25, 0.3) is 0 Å². The van der Waals surface area contributed by atoms with E-state index in [1.165, 1.54) is 14.2 Å². The largest absolute Gasteiger partial charge is 2.00 e. The molecule has 4 heterocycles. The fourth-order valence-electron chi connectivity index (χ4n) is 4.82. The third kappa shape index (κ3) is 5.89. The number of methoxy groups -OCH3 is 2. The molecule has 9 heteroatoms. The number of hydrogen-bond acceptors (Lipinski definition) is 4. The number of nitrogens with zero attached hydrogens (tertiary/aromatic N) is 4. The van der Waals surface area contributed by atoms with Gasteiger partial charge in [-0.15, -0.1) is 11.4 Å². The second kappa shape index (κ2) is 12.7. The summed E-state index contributed by atoms with van der Waals surface area (Å²) in [6.45, 7) is 0. The van der Waals surface area contributed by atoms with Gasteiger partial charge in [0.1, 0.15) is 12.2 Å². The van der Waals surface area contributed by atoms with E-state index in [0.717, 1.165) is 45.1 Å². The van der Waals surface area contributed by atoms with Crippen LogP contribution in [0, 0.1) is 12.1 Å². The quantitative estimate of drug-likeness (QED) is 0.137. The zero-order chi connectivity index (χ0) is 29.1. The second-order valence-electron chi connectivity index (χ2n) is 9.36. The maximum atomic E-state index is 11.9. The smallest absolute Gasteiger partial charge is 0.664 e. The average molecular weight is 611 g/mol. The SMILES string of the molecule is COC(=O)c1ccc(/C(=C2\C=C[C+]([C+]3C=C/C(=C(\c4ccc(C(=O)OC)cc4)c4ccc[n-]4)[N-]3)[N-]2)c2ccc[n-]2)cc1.[Ni+2]. The first-order chi connectivity index (χ1) is 20.6. The number of benzene rings is 2. The molecule has 0 unspecified atom stereocenters. The van der Waals surface area contributed by atoms with Crippen LogP contribution >= 0.6 is 0 Å². The van der Waals surface area contributed by atoms with E-state index in [9.17, 15) is 9.59 Å². The normalized spacial score (nSPS) is 15.9. The third-order valence-corrected chi connectivity index (χ3v) is 6.86. The number of ether oxygens (including phenoxy) is 2. The van der Waals surface area contributed by atoms with Gasteiger partial charge in [0.2, 0.25) is 0 Å². The molecule has 8 nitrogen and oxygen atoms in total. The second-order valence-corrected chi connectivity index (χ2v) is 9.36. The number of carbonyl (C=O) groups is 2. The van der Waals surface area contributed by atoms with Crippen molar-refractivity contribution >= 4 is 23.1 Å². The molecule has 2 aliphatic heterocycles. The molecule has 0 radical (unpaired) electrons. The molecule has 0 aliphatic carbocycles. The maximum Gasteiger partial charge on any atom is 2.00 e. The molecule has 0 saturated heterocycles. The van der Waals surface area contributed by atoms with Gasteiger partial charge in [-0.25, -0.2) is 9.59 Å². The van der Waals surface area contributed by atoms with Gasteiger partial charge in [-0.3, -0.25) is 0 Å². The van der Waals surface area contributed by atoms with Gasteiger partial charge in [0, 0.05) is 0 Å². The van der Waals surface area contributed by atoms with E-state index in [4.69, 9.17) is 20.1 Å². The van der Waals surface area contributed by atoms with Crippen molar-refractivity contribution in [3.63, 3.8) is 0 Å². The fourth-order valence-corrected chi connectivity index (χ4v) is 4.82. The van der Waals surface area contributed by atoms with Crippen LogP contribution < -0.4 is 9.97 Å². The fraction of sp³-hybridized carbons (Fsp3) is 0.0588. The Kier molecular flexibility index (Phi) is 8.65. The number of esters is 2. The summed E-state index contributed by atoms with van der Waals surface area (Å²) in [5.41, 5.74) is 7.37. The molecule has 4 aromatic rings. The van der Waals surface area contributed by atoms with Gasteiger partial charge in [0.05, 0.1) is 49.6 Å². The van der Waals surface area contributed by atoms with Crippen LogP contribution in [0.5, 0.6) is 0 Å². The van der Waals surface area contributed by atoms with Crippen molar-refractivity contribution in [3.05, 3.63) is 177 Å². The monoisotopic (exact) mass is 610 g/mol. The van der Waals surface area contributed by atoms with Crippen molar-refractivity contribution in [2.24, 2.45) is 0 Å². The topological polar surface area (TPSA) is 109 Å². The first-order valence-electron chi connectivity index (χ1n) is 13.1. The minimum Gasteiger partial charge on any atom is -0.664 e. The summed E-state index contributed by atoms with van der Waals surface area (Å²) in [5.74, 6) is -0.789. The summed E-state index contributed by atoms with van der Waals surface area (Å²) in [6.07, 6.45) is 11.2. The zero-order valence-corrected chi connectivity index (χ0v) is 24.1. The van der Waals surface area contributed by atoms with Crippen LogP contribution in [0.1, 0.15) is 43.2 Å². The standard InChI is InChI=1S/C34H24N4O4.Ni/c1-41-33(39)23-11-7-21(8-12-23)31(27-5-3-19-35-27)29-17-15-25(37-29)26-16-18-30(38-26)32(28-6-4-20-36-28)22-9-13-24(14-10-22)34(40)42-2;/h3-20H,1-2H3;/q-2;+2. The van der Waals surface area contributed by atoms with Gasteiger partial charge in [-0.1, -0.05) is 48.5 Å². The van der Waals surface area contributed by atoms with Crippen LogP contribution in [0.15, 0.2) is 121 Å². The van der Waals surface area contributed by atoms with E-state index in [-0.39, 0.29) is 16.5 Å². The van der Waals surface area contributed by atoms with E-state index >= 15 is 0 Å². The summed E-state index contributed by atoms with van der Waals surface area (Å²) in [4.78, 5) is 32.9. The van der Waals surface area contributed by atoms with E-state index in [1.807, 2.05) is 72.8 Å². The maximum absolute atomic E-state index is 11.9. The van der Waals surface area contributed by atoms with Gasteiger partial charge >= 0.3 is 28.4 Å². The molecule has 0 saturated carbocycles. The summed E-state index contributed by atoms with van der Waals surface area (Å²) < 4.78 is 9.67. The minimum absolute atomic E-state index is 0. The van der Waals surface area contributed by atoms with Gasteiger partial charge in [-0.05, 0) is 57.9 Å². The Hall–Kier alpha value is -5.27. The third-order valence-electron chi connectivity index (χ3n) is 6.86. The molecular formula is C34H24N4NiO4. The predicted octanol–water partition coefficient (Wildman–Crippen LogP) is 6.34. The Balaban J connectivity index is 0.00000368. The van der Waals surface area contributed by atoms with Crippen LogP contribution in [0.4, 0.5) is 0 Å². The number of allylic oxidation sites excluding steroid dienone is 2. The van der Waals surface area contributed by atoms with Crippen LogP contribution in [0.2, 0.25) is 0 Å². The average Bonchev–Trinajstić information content (AvgIpc) is 3.86. The molecule has 0 spiro atoms. The number of carbonyl (C=O) groups excluding carboxylic acids is 2. The van der Waals surface area contributed by atoms with Crippen molar-refractivity contribution in [1.29, 1.82) is 0 Å². The number of hydrogen-bond donors (Lipinski definition) is 0. The Morgan fingerprint density at radius 1 is 0.581 bits per heavy atom. The molecule has 43 heavy (non-hydrogen) atoms. The first kappa shape index (κ1) is 29.2. The Morgan fingerprint density at radius 3 is 1.28 bits per heavy atom. The molecule has 2 aromatic carbocycles. The zero-order valence-electron chi connectivity index (χ0n) is 23.1. The summed E-state index contributed by atoms with van der Waals surface area (Å²) in [7, 11) is 2.72. The van der Waals surface area contributed by atoms with Crippen LogP contribution in [0.25, 0.3) is 21.8 Å². The Labute approximate surface area is 259 Å². The Bertz CT molecular complexity index is 1590. The van der Waals surface area contributed by atoms with Crippen LogP contribution in [-0.4, -0.2) is 26.2 Å². The molecule has 2 aliphatic rings. The van der Waals surface area contributed by atoms with E-state index < -0.39 is 11.9 Å². The van der Waals surface area contributed by atoms with Gasteiger partial charge in [-0.2, -0.15) is 12.4 Å². The molecule has 6 rings (SSSR count). The summed E-state index contributed by atoms with van der Waals surface area (Å²) in [6, 6.07) is 23.4. The van der Waals surface area contributed by atoms with Crippen molar-refractivity contribution in [2.75, 3.05) is 14.2 Å². The molecule has 0 atom stereocenters. The van der Waals surface area contributed by atoms with Crippen LogP contribution in [0.3, 0.4) is 0 Å².